The first kappa shape index (κ1) is 13.6. The first-order chi connectivity index (χ1) is 10.3. The second-order valence-corrected chi connectivity index (χ2v) is 4.89. The summed E-state index contributed by atoms with van der Waals surface area (Å²) in [5.74, 6) is 0.728. The van der Waals surface area contributed by atoms with Gasteiger partial charge in [-0.25, -0.2) is 0 Å². The van der Waals surface area contributed by atoms with E-state index in [4.69, 9.17) is 13.8 Å². The van der Waals surface area contributed by atoms with Crippen LogP contribution in [0.5, 0.6) is 5.88 Å². The molecule has 0 saturated carbocycles. The first-order valence-corrected chi connectivity index (χ1v) is 6.87. The van der Waals surface area contributed by atoms with Gasteiger partial charge in [0.1, 0.15) is 0 Å². The molecule has 0 spiro atoms. The molecule has 1 unspecified atom stereocenters. The minimum atomic E-state index is -0.234. The Kier molecular flexibility index (Phi) is 3.85. The number of aromatic nitrogens is 3. The molecular formula is C13H16N4O4. The Balaban J connectivity index is 1.86. The summed E-state index contributed by atoms with van der Waals surface area (Å²) < 4.78 is 14.8. The molecule has 8 nitrogen and oxygen atoms in total. The van der Waals surface area contributed by atoms with Crippen LogP contribution >= 0.6 is 0 Å². The van der Waals surface area contributed by atoms with E-state index in [0.717, 1.165) is 25.7 Å². The van der Waals surface area contributed by atoms with Gasteiger partial charge in [-0.1, -0.05) is 18.0 Å². The molecule has 1 aliphatic heterocycles. The van der Waals surface area contributed by atoms with E-state index in [2.05, 4.69) is 15.3 Å². The number of ether oxygens (including phenoxy) is 1. The minimum Gasteiger partial charge on any atom is -0.479 e. The quantitative estimate of drug-likeness (QED) is 0.851. The Morgan fingerprint density at radius 3 is 3.00 bits per heavy atom. The number of hydrogen-bond donors (Lipinski definition) is 0. The van der Waals surface area contributed by atoms with Crippen LogP contribution in [0.1, 0.15) is 48.1 Å². The van der Waals surface area contributed by atoms with E-state index in [1.807, 2.05) is 0 Å². The fourth-order valence-corrected chi connectivity index (χ4v) is 2.54. The maximum Gasteiger partial charge on any atom is 0.293 e. The van der Waals surface area contributed by atoms with E-state index in [1.165, 1.54) is 19.6 Å². The van der Waals surface area contributed by atoms with Crippen LogP contribution in [-0.2, 0) is 0 Å². The van der Waals surface area contributed by atoms with Crippen LogP contribution in [0.4, 0.5) is 0 Å². The van der Waals surface area contributed by atoms with Gasteiger partial charge in [-0.3, -0.25) is 4.79 Å². The second kappa shape index (κ2) is 5.94. The summed E-state index contributed by atoms with van der Waals surface area (Å²) in [6.07, 6.45) is 5.10. The second-order valence-electron chi connectivity index (χ2n) is 4.89. The van der Waals surface area contributed by atoms with Crippen molar-refractivity contribution in [1.82, 2.24) is 20.2 Å². The number of likely N-dealkylation sites (tertiary alicyclic amines) is 1. The Hall–Kier alpha value is -2.38. The summed E-state index contributed by atoms with van der Waals surface area (Å²) in [5, 5.41) is 7.55. The van der Waals surface area contributed by atoms with Crippen LogP contribution < -0.4 is 4.74 Å². The maximum atomic E-state index is 12.6. The van der Waals surface area contributed by atoms with E-state index in [9.17, 15) is 4.79 Å². The third-order valence-corrected chi connectivity index (χ3v) is 3.60. The monoisotopic (exact) mass is 292 g/mol. The highest BCUT2D eigenvalue weighted by Crippen LogP contribution is 2.29. The van der Waals surface area contributed by atoms with Gasteiger partial charge in [0.25, 0.3) is 11.8 Å². The van der Waals surface area contributed by atoms with Crippen molar-refractivity contribution in [2.75, 3.05) is 13.7 Å². The molecule has 1 fully saturated rings. The fraction of sp³-hybridized carbons (Fsp3) is 0.538. The zero-order chi connectivity index (χ0) is 14.7. The third kappa shape index (κ3) is 2.74. The molecule has 1 saturated heterocycles. The van der Waals surface area contributed by atoms with Crippen molar-refractivity contribution in [2.24, 2.45) is 0 Å². The van der Waals surface area contributed by atoms with Crippen LogP contribution in [-0.4, -0.2) is 39.8 Å². The van der Waals surface area contributed by atoms with Crippen molar-refractivity contribution in [3.63, 3.8) is 0 Å². The van der Waals surface area contributed by atoms with Gasteiger partial charge in [0.15, 0.2) is 5.82 Å². The average molecular weight is 292 g/mol. The van der Waals surface area contributed by atoms with Gasteiger partial charge in [-0.15, -0.1) is 0 Å². The van der Waals surface area contributed by atoms with Crippen molar-refractivity contribution in [3.05, 3.63) is 24.0 Å². The van der Waals surface area contributed by atoms with Gasteiger partial charge in [0, 0.05) is 6.54 Å². The van der Waals surface area contributed by atoms with Crippen molar-refractivity contribution in [2.45, 2.75) is 31.7 Å². The highest BCUT2D eigenvalue weighted by Gasteiger charge is 2.32. The zero-order valence-electron chi connectivity index (χ0n) is 11.7. The summed E-state index contributed by atoms with van der Waals surface area (Å²) in [6, 6.07) is 1.29. The number of carbonyl (C=O) groups excluding carboxylic acids is 1. The molecule has 3 rings (SSSR count). The third-order valence-electron chi connectivity index (χ3n) is 3.60. The van der Waals surface area contributed by atoms with Gasteiger partial charge in [0.05, 0.1) is 19.2 Å². The first-order valence-electron chi connectivity index (χ1n) is 6.87. The van der Waals surface area contributed by atoms with Gasteiger partial charge in [-0.05, 0) is 18.0 Å². The van der Waals surface area contributed by atoms with E-state index in [0.29, 0.717) is 12.4 Å². The predicted octanol–water partition coefficient (Wildman–Crippen LogP) is 1.82. The SMILES string of the molecule is COc1cc(C(=O)N2CCCCCC2c2ncon2)on1. The fourth-order valence-electron chi connectivity index (χ4n) is 2.54. The number of nitrogens with zero attached hydrogens (tertiary/aromatic N) is 4. The van der Waals surface area contributed by atoms with Crippen LogP contribution in [0.15, 0.2) is 21.5 Å². The molecule has 0 bridgehead atoms. The van der Waals surface area contributed by atoms with E-state index < -0.39 is 0 Å². The van der Waals surface area contributed by atoms with E-state index in [1.54, 1.807) is 4.90 Å². The molecule has 3 heterocycles. The summed E-state index contributed by atoms with van der Waals surface area (Å²) in [7, 11) is 1.47. The summed E-state index contributed by atoms with van der Waals surface area (Å²) in [4.78, 5) is 18.4. The maximum absolute atomic E-state index is 12.6. The number of carbonyl (C=O) groups is 1. The zero-order valence-corrected chi connectivity index (χ0v) is 11.7. The summed E-state index contributed by atoms with van der Waals surface area (Å²) in [6.45, 7) is 0.626. The topological polar surface area (TPSA) is 94.5 Å². The summed E-state index contributed by atoms with van der Waals surface area (Å²) in [5.41, 5.74) is 0. The molecule has 2 aromatic heterocycles. The van der Waals surface area contributed by atoms with Crippen LogP contribution in [0.2, 0.25) is 0 Å². The van der Waals surface area contributed by atoms with Crippen LogP contribution in [0, 0.1) is 0 Å². The molecule has 0 aliphatic carbocycles. The smallest absolute Gasteiger partial charge is 0.293 e. The van der Waals surface area contributed by atoms with E-state index in [-0.39, 0.29) is 23.6 Å². The lowest BCUT2D eigenvalue weighted by Gasteiger charge is -2.26. The van der Waals surface area contributed by atoms with Crippen molar-refractivity contribution in [1.29, 1.82) is 0 Å². The highest BCUT2D eigenvalue weighted by molar-refractivity contribution is 5.92. The lowest BCUT2D eigenvalue weighted by molar-refractivity contribution is 0.0627. The molecule has 0 aromatic carbocycles. The largest absolute Gasteiger partial charge is 0.479 e. The predicted molar refractivity (Wildman–Crippen MR) is 69.6 cm³/mol. The molecular weight excluding hydrogens is 276 g/mol. The van der Waals surface area contributed by atoms with Crippen molar-refractivity contribution in [3.8, 4) is 5.88 Å². The lowest BCUT2D eigenvalue weighted by atomic mass is 10.1. The number of methoxy groups -OCH3 is 1. The molecule has 8 heteroatoms. The number of amides is 1. The standard InChI is InChI=1S/C13H16N4O4/c1-19-11-7-10(21-15-11)13(18)17-6-4-2-3-5-9(17)12-14-8-20-16-12/h7-9H,2-6H2,1H3. The van der Waals surface area contributed by atoms with Gasteiger partial charge in [0.2, 0.25) is 12.2 Å². The Morgan fingerprint density at radius 2 is 2.29 bits per heavy atom. The van der Waals surface area contributed by atoms with Gasteiger partial charge < -0.3 is 18.7 Å². The molecule has 112 valence electrons. The Morgan fingerprint density at radius 1 is 1.38 bits per heavy atom. The highest BCUT2D eigenvalue weighted by atomic mass is 16.5. The average Bonchev–Trinajstić information content (AvgIpc) is 3.14. The van der Waals surface area contributed by atoms with Gasteiger partial charge >= 0.3 is 0 Å². The molecule has 0 N–H and O–H groups in total. The number of rotatable bonds is 3. The minimum absolute atomic E-state index is 0.155. The molecule has 1 aliphatic rings. The van der Waals surface area contributed by atoms with Crippen LogP contribution in [0.3, 0.4) is 0 Å². The molecule has 1 atom stereocenters. The number of hydrogen-bond acceptors (Lipinski definition) is 7. The van der Waals surface area contributed by atoms with E-state index >= 15 is 0 Å². The van der Waals surface area contributed by atoms with Gasteiger partial charge in [-0.2, -0.15) is 4.98 Å². The molecule has 2 aromatic rings. The van der Waals surface area contributed by atoms with Crippen molar-refractivity contribution >= 4 is 5.91 Å². The lowest BCUT2D eigenvalue weighted by Crippen LogP contribution is -2.35. The molecule has 1 amide bonds. The summed E-state index contributed by atoms with van der Waals surface area (Å²) >= 11 is 0. The Bertz CT molecular complexity index is 595. The molecule has 21 heavy (non-hydrogen) atoms. The molecule has 0 radical (unpaired) electrons. The Labute approximate surface area is 121 Å². The van der Waals surface area contributed by atoms with Crippen LogP contribution in [0.25, 0.3) is 0 Å². The van der Waals surface area contributed by atoms with Crippen molar-refractivity contribution < 1.29 is 18.6 Å². The normalized spacial score (nSPS) is 19.3.